The van der Waals surface area contributed by atoms with Gasteiger partial charge in [-0.05, 0) is 55.3 Å². The van der Waals surface area contributed by atoms with Crippen LogP contribution in [0.1, 0.15) is 28.5 Å². The first-order chi connectivity index (χ1) is 14.1. The summed E-state index contributed by atoms with van der Waals surface area (Å²) in [6, 6.07) is 16.6. The van der Waals surface area contributed by atoms with Crippen molar-refractivity contribution in [3.8, 4) is 17.6 Å². The third-order valence-electron chi connectivity index (χ3n) is 3.84. The normalized spacial score (nSPS) is 9.83. The van der Waals surface area contributed by atoms with Gasteiger partial charge in [-0.25, -0.2) is 4.98 Å². The minimum Gasteiger partial charge on any atom is -0.487 e. The Morgan fingerprint density at radius 3 is 2.72 bits per heavy atom. The van der Waals surface area contributed by atoms with Gasteiger partial charge in [0.05, 0.1) is 11.5 Å². The molecule has 7 heteroatoms. The fraction of sp³-hybridized carbons (Fsp3) is 0.0909. The summed E-state index contributed by atoms with van der Waals surface area (Å²) in [6.07, 6.45) is 1.66. The smallest absolute Gasteiger partial charge is 0.311 e. The van der Waals surface area contributed by atoms with Crippen LogP contribution in [0, 0.1) is 22.0 Å². The van der Waals surface area contributed by atoms with Crippen LogP contribution >= 0.6 is 0 Å². The van der Waals surface area contributed by atoms with Gasteiger partial charge in [0.1, 0.15) is 5.69 Å². The summed E-state index contributed by atoms with van der Waals surface area (Å²) in [5.41, 5.74) is 1.77. The van der Waals surface area contributed by atoms with E-state index < -0.39 is 10.8 Å². The standard InChI is InChI=1S/C22H17N3O4/c1-2-29-21-12-10-17(15-20(21)25(27)28)22(26)24-19-8-5-6-16(14-19)9-11-18-7-3-4-13-23-18/h3-8,10,12-15H,2H2,1H3,(H,24,26). The quantitative estimate of drug-likeness (QED) is 0.405. The molecule has 0 radical (unpaired) electrons. The van der Waals surface area contributed by atoms with E-state index in [0.29, 0.717) is 23.6 Å². The van der Waals surface area contributed by atoms with E-state index in [1.807, 2.05) is 18.2 Å². The molecule has 0 spiro atoms. The van der Waals surface area contributed by atoms with E-state index in [4.69, 9.17) is 4.74 Å². The fourth-order valence-corrected chi connectivity index (χ4v) is 2.53. The van der Waals surface area contributed by atoms with E-state index in [2.05, 4.69) is 22.1 Å². The molecule has 1 N–H and O–H groups in total. The van der Waals surface area contributed by atoms with Crippen molar-refractivity contribution in [1.29, 1.82) is 0 Å². The zero-order chi connectivity index (χ0) is 20.6. The minimum absolute atomic E-state index is 0.126. The highest BCUT2D eigenvalue weighted by Gasteiger charge is 2.18. The Labute approximate surface area is 167 Å². The minimum atomic E-state index is -0.574. The fourth-order valence-electron chi connectivity index (χ4n) is 2.53. The van der Waals surface area contributed by atoms with Crippen molar-refractivity contribution in [2.75, 3.05) is 11.9 Å². The van der Waals surface area contributed by atoms with Gasteiger partial charge in [-0.2, -0.15) is 0 Å². The number of carbonyl (C=O) groups excluding carboxylic acids is 1. The zero-order valence-electron chi connectivity index (χ0n) is 15.6. The summed E-state index contributed by atoms with van der Waals surface area (Å²) >= 11 is 0. The second-order valence-corrected chi connectivity index (χ2v) is 5.87. The lowest BCUT2D eigenvalue weighted by Gasteiger charge is -2.08. The molecule has 7 nitrogen and oxygen atoms in total. The lowest BCUT2D eigenvalue weighted by atomic mass is 10.1. The predicted octanol–water partition coefficient (Wildman–Crippen LogP) is 4.04. The first-order valence-electron chi connectivity index (χ1n) is 8.82. The van der Waals surface area contributed by atoms with Crippen LogP contribution in [-0.4, -0.2) is 22.4 Å². The van der Waals surface area contributed by atoms with E-state index in [1.54, 1.807) is 37.4 Å². The number of rotatable bonds is 5. The molecule has 3 rings (SSSR count). The summed E-state index contributed by atoms with van der Waals surface area (Å²) in [4.78, 5) is 27.3. The predicted molar refractivity (Wildman–Crippen MR) is 109 cm³/mol. The number of carbonyl (C=O) groups is 1. The third kappa shape index (κ3) is 5.17. The van der Waals surface area contributed by atoms with Gasteiger partial charge in [-0.1, -0.05) is 18.1 Å². The molecule has 3 aromatic rings. The van der Waals surface area contributed by atoms with Crippen LogP contribution in [0.3, 0.4) is 0 Å². The number of nitrogens with zero attached hydrogens (tertiary/aromatic N) is 2. The molecule has 1 heterocycles. The number of benzene rings is 2. The maximum Gasteiger partial charge on any atom is 0.311 e. The number of pyridine rings is 1. The first kappa shape index (κ1) is 19.6. The monoisotopic (exact) mass is 387 g/mol. The third-order valence-corrected chi connectivity index (χ3v) is 3.84. The molecule has 144 valence electrons. The topological polar surface area (TPSA) is 94.4 Å². The molecule has 0 aliphatic rings. The van der Waals surface area contributed by atoms with E-state index in [1.165, 1.54) is 18.2 Å². The van der Waals surface area contributed by atoms with Crippen LogP contribution in [0.25, 0.3) is 0 Å². The van der Waals surface area contributed by atoms with Crippen LogP contribution in [0.4, 0.5) is 11.4 Å². The van der Waals surface area contributed by atoms with Crippen molar-refractivity contribution < 1.29 is 14.5 Å². The van der Waals surface area contributed by atoms with Crippen LogP contribution in [0.15, 0.2) is 66.9 Å². The Morgan fingerprint density at radius 1 is 1.14 bits per heavy atom. The van der Waals surface area contributed by atoms with Gasteiger partial charge < -0.3 is 10.1 Å². The zero-order valence-corrected chi connectivity index (χ0v) is 15.6. The number of nitro benzene ring substituents is 1. The van der Waals surface area contributed by atoms with Gasteiger partial charge in [0.15, 0.2) is 5.75 Å². The first-order valence-corrected chi connectivity index (χ1v) is 8.82. The summed E-state index contributed by atoms with van der Waals surface area (Å²) in [5.74, 6) is 5.60. The molecule has 0 aliphatic carbocycles. The number of nitro groups is 1. The van der Waals surface area contributed by atoms with Crippen molar-refractivity contribution in [2.45, 2.75) is 6.92 Å². The van der Waals surface area contributed by atoms with Gasteiger partial charge in [-0.15, -0.1) is 0 Å². The Morgan fingerprint density at radius 2 is 2.00 bits per heavy atom. The van der Waals surface area contributed by atoms with Gasteiger partial charge in [0, 0.05) is 29.1 Å². The lowest BCUT2D eigenvalue weighted by molar-refractivity contribution is -0.385. The molecule has 0 fully saturated rings. The molecule has 29 heavy (non-hydrogen) atoms. The number of amides is 1. The molecule has 0 bridgehead atoms. The van der Waals surface area contributed by atoms with Gasteiger partial charge in [0.2, 0.25) is 0 Å². The number of hydrogen-bond acceptors (Lipinski definition) is 5. The largest absolute Gasteiger partial charge is 0.487 e. The van der Waals surface area contributed by atoms with Crippen LogP contribution in [0.5, 0.6) is 5.75 Å². The number of aromatic nitrogens is 1. The molecule has 0 saturated carbocycles. The molecule has 1 aromatic heterocycles. The highest BCUT2D eigenvalue weighted by Crippen LogP contribution is 2.28. The second kappa shape index (κ2) is 9.15. The summed E-state index contributed by atoms with van der Waals surface area (Å²) < 4.78 is 5.24. The van der Waals surface area contributed by atoms with Crippen molar-refractivity contribution in [1.82, 2.24) is 4.98 Å². The molecular weight excluding hydrogens is 370 g/mol. The number of anilines is 1. The number of hydrogen-bond donors (Lipinski definition) is 1. The number of nitrogens with one attached hydrogen (secondary N) is 1. The molecule has 0 atom stereocenters. The van der Waals surface area contributed by atoms with Gasteiger partial charge in [0.25, 0.3) is 5.91 Å². The van der Waals surface area contributed by atoms with Crippen LogP contribution in [0.2, 0.25) is 0 Å². The van der Waals surface area contributed by atoms with E-state index in [-0.39, 0.29) is 17.0 Å². The van der Waals surface area contributed by atoms with Crippen LogP contribution in [-0.2, 0) is 0 Å². The Kier molecular flexibility index (Phi) is 6.18. The molecule has 2 aromatic carbocycles. The summed E-state index contributed by atoms with van der Waals surface area (Å²) in [5, 5.41) is 14.0. The van der Waals surface area contributed by atoms with Crippen molar-refractivity contribution in [2.24, 2.45) is 0 Å². The van der Waals surface area contributed by atoms with Crippen molar-refractivity contribution in [3.05, 3.63) is 93.8 Å². The Balaban J connectivity index is 1.78. The maximum atomic E-state index is 12.5. The Hall–Kier alpha value is -4.18. The van der Waals surface area contributed by atoms with Gasteiger partial charge in [-0.3, -0.25) is 14.9 Å². The SMILES string of the molecule is CCOc1ccc(C(=O)Nc2cccc(C#Cc3ccccn3)c2)cc1[N+](=O)[O-]. The summed E-state index contributed by atoms with van der Waals surface area (Å²) in [6.45, 7) is 2.02. The van der Waals surface area contributed by atoms with Gasteiger partial charge >= 0.3 is 5.69 Å². The highest BCUT2D eigenvalue weighted by atomic mass is 16.6. The van der Waals surface area contributed by atoms with Crippen molar-refractivity contribution in [3.63, 3.8) is 0 Å². The molecule has 0 saturated heterocycles. The van der Waals surface area contributed by atoms with Crippen LogP contribution < -0.4 is 10.1 Å². The molecule has 1 amide bonds. The molecular formula is C22H17N3O4. The number of ether oxygens (including phenoxy) is 1. The van der Waals surface area contributed by atoms with Crippen molar-refractivity contribution >= 4 is 17.3 Å². The average Bonchev–Trinajstić information content (AvgIpc) is 2.73. The molecule has 0 unspecified atom stereocenters. The highest BCUT2D eigenvalue weighted by molar-refractivity contribution is 6.04. The summed E-state index contributed by atoms with van der Waals surface area (Å²) in [7, 11) is 0. The van der Waals surface area contributed by atoms with E-state index >= 15 is 0 Å². The second-order valence-electron chi connectivity index (χ2n) is 5.87. The Bertz CT molecular complexity index is 1100. The maximum absolute atomic E-state index is 12.5. The van der Waals surface area contributed by atoms with E-state index in [0.717, 1.165) is 0 Å². The van der Waals surface area contributed by atoms with E-state index in [9.17, 15) is 14.9 Å². The molecule has 0 aliphatic heterocycles. The lowest BCUT2D eigenvalue weighted by Crippen LogP contribution is -2.12. The average molecular weight is 387 g/mol.